The Balaban J connectivity index is 1.34. The summed E-state index contributed by atoms with van der Waals surface area (Å²) in [7, 11) is 0. The van der Waals surface area contributed by atoms with E-state index in [-0.39, 0.29) is 11.4 Å². The number of benzene rings is 3. The molecule has 1 fully saturated rings. The van der Waals surface area contributed by atoms with Gasteiger partial charge >= 0.3 is 0 Å². The highest BCUT2D eigenvalue weighted by Crippen LogP contribution is 2.40. The van der Waals surface area contributed by atoms with Crippen molar-refractivity contribution in [2.75, 3.05) is 18.0 Å². The number of carbonyl (C=O) groups excluding carboxylic acids is 1. The molecule has 2 aliphatic rings. The Morgan fingerprint density at radius 3 is 2.43 bits per heavy atom. The van der Waals surface area contributed by atoms with Crippen molar-refractivity contribution in [3.05, 3.63) is 83.9 Å². The van der Waals surface area contributed by atoms with Crippen LogP contribution in [-0.2, 0) is 0 Å². The van der Waals surface area contributed by atoms with E-state index in [9.17, 15) is 10.1 Å². The Morgan fingerprint density at radius 2 is 1.63 bits per heavy atom. The van der Waals surface area contributed by atoms with Crippen LogP contribution in [-0.4, -0.2) is 24.5 Å². The van der Waals surface area contributed by atoms with Gasteiger partial charge in [-0.3, -0.25) is 4.79 Å². The summed E-state index contributed by atoms with van der Waals surface area (Å²) in [6.45, 7) is 1.69. The number of carbonyl (C=O) groups is 1. The first-order chi connectivity index (χ1) is 14.7. The molecular formula is C26H22N2O2. The summed E-state index contributed by atoms with van der Waals surface area (Å²) in [6.07, 6.45) is 2.10. The largest absolute Gasteiger partial charge is 0.486 e. The number of nitrogens with zero attached hydrogens (tertiary/aromatic N) is 2. The van der Waals surface area contributed by atoms with Crippen molar-refractivity contribution < 1.29 is 9.53 Å². The van der Waals surface area contributed by atoms with Gasteiger partial charge in [0.1, 0.15) is 11.4 Å². The van der Waals surface area contributed by atoms with Crippen LogP contribution in [0.4, 0.5) is 5.69 Å². The van der Waals surface area contributed by atoms with Crippen LogP contribution in [0.15, 0.2) is 72.8 Å². The van der Waals surface area contributed by atoms with E-state index < -0.39 is 0 Å². The average molecular weight is 394 g/mol. The molecule has 0 unspecified atom stereocenters. The molecule has 0 aromatic heterocycles. The molecule has 30 heavy (non-hydrogen) atoms. The third-order valence-electron chi connectivity index (χ3n) is 6.21. The van der Waals surface area contributed by atoms with Gasteiger partial charge in [0.2, 0.25) is 0 Å². The normalized spacial score (nSPS) is 17.2. The third kappa shape index (κ3) is 3.33. The van der Waals surface area contributed by atoms with Crippen molar-refractivity contribution in [3.63, 3.8) is 0 Å². The van der Waals surface area contributed by atoms with Crippen LogP contribution in [0.3, 0.4) is 0 Å². The van der Waals surface area contributed by atoms with E-state index in [1.165, 1.54) is 0 Å². The van der Waals surface area contributed by atoms with Crippen molar-refractivity contribution in [3.8, 4) is 22.9 Å². The fraction of sp³-hybridized carbons (Fsp3) is 0.231. The summed E-state index contributed by atoms with van der Waals surface area (Å²) in [5, 5.41) is 9.17. The van der Waals surface area contributed by atoms with Gasteiger partial charge in [-0.15, -0.1) is 0 Å². The highest BCUT2D eigenvalue weighted by Gasteiger charge is 2.42. The van der Waals surface area contributed by atoms with Crippen molar-refractivity contribution >= 4 is 11.5 Å². The Labute approximate surface area is 176 Å². The molecule has 3 aromatic carbocycles. The summed E-state index contributed by atoms with van der Waals surface area (Å²) < 4.78 is 6.36. The number of fused-ring (bicyclic) bond motifs is 1. The second-order valence-corrected chi connectivity index (χ2v) is 8.11. The fourth-order valence-electron chi connectivity index (χ4n) is 4.54. The number of para-hydroxylation sites is 1. The number of piperidine rings is 1. The van der Waals surface area contributed by atoms with Gasteiger partial charge in [-0.2, -0.15) is 5.26 Å². The predicted molar refractivity (Wildman–Crippen MR) is 117 cm³/mol. The number of rotatable bonds is 2. The highest BCUT2D eigenvalue weighted by molar-refractivity contribution is 6.00. The van der Waals surface area contributed by atoms with Crippen LogP contribution >= 0.6 is 0 Å². The average Bonchev–Trinajstić information content (AvgIpc) is 2.80. The van der Waals surface area contributed by atoms with Gasteiger partial charge < -0.3 is 9.64 Å². The van der Waals surface area contributed by atoms with Gasteiger partial charge in [-0.05, 0) is 47.5 Å². The minimum Gasteiger partial charge on any atom is -0.486 e. The van der Waals surface area contributed by atoms with Crippen LogP contribution in [0, 0.1) is 11.3 Å². The molecule has 0 atom stereocenters. The summed E-state index contributed by atoms with van der Waals surface area (Å²) in [5.74, 6) is 0.909. The van der Waals surface area contributed by atoms with Gasteiger partial charge in [0.05, 0.1) is 23.6 Å². The van der Waals surface area contributed by atoms with E-state index in [4.69, 9.17) is 4.74 Å². The first-order valence-corrected chi connectivity index (χ1v) is 10.3. The fourth-order valence-corrected chi connectivity index (χ4v) is 4.54. The topological polar surface area (TPSA) is 53.3 Å². The molecule has 0 amide bonds. The molecule has 148 valence electrons. The summed E-state index contributed by atoms with van der Waals surface area (Å²) in [5.41, 5.74) is 4.29. The molecule has 5 rings (SSSR count). The zero-order valence-corrected chi connectivity index (χ0v) is 16.7. The lowest BCUT2D eigenvalue weighted by atomic mass is 9.82. The van der Waals surface area contributed by atoms with E-state index in [1.54, 1.807) is 0 Å². The molecule has 1 spiro atoms. The Bertz CT molecular complexity index is 1150. The van der Waals surface area contributed by atoms with Gasteiger partial charge in [0.25, 0.3) is 0 Å². The van der Waals surface area contributed by atoms with Crippen molar-refractivity contribution in [1.29, 1.82) is 5.26 Å². The Hall–Kier alpha value is -3.58. The molecule has 0 saturated carbocycles. The third-order valence-corrected chi connectivity index (χ3v) is 6.21. The maximum atomic E-state index is 12.6. The minimum absolute atomic E-state index is 0.185. The number of anilines is 1. The number of hydrogen-bond acceptors (Lipinski definition) is 4. The van der Waals surface area contributed by atoms with E-state index >= 15 is 0 Å². The first-order valence-electron chi connectivity index (χ1n) is 10.3. The Kier molecular flexibility index (Phi) is 4.52. The molecular weight excluding hydrogens is 372 g/mol. The van der Waals surface area contributed by atoms with E-state index in [0.717, 1.165) is 48.5 Å². The second kappa shape index (κ2) is 7.35. The molecule has 2 heterocycles. The van der Waals surface area contributed by atoms with Gasteiger partial charge in [0, 0.05) is 31.6 Å². The maximum absolute atomic E-state index is 12.6. The zero-order chi connectivity index (χ0) is 20.6. The quantitative estimate of drug-likeness (QED) is 0.597. The summed E-state index contributed by atoms with van der Waals surface area (Å²) in [4.78, 5) is 15.0. The SMILES string of the molecule is N#Cc1cccc(-c2cccc(N3CCC4(CC3)CC(=O)c3ccccc3O4)c2)c1. The number of hydrogen-bond donors (Lipinski definition) is 0. The molecule has 4 heteroatoms. The van der Waals surface area contributed by atoms with Crippen LogP contribution in [0.2, 0.25) is 0 Å². The molecule has 3 aromatic rings. The van der Waals surface area contributed by atoms with E-state index in [2.05, 4.69) is 35.2 Å². The molecule has 0 bridgehead atoms. The molecule has 2 aliphatic heterocycles. The van der Waals surface area contributed by atoms with Crippen LogP contribution in [0.5, 0.6) is 5.75 Å². The highest BCUT2D eigenvalue weighted by atomic mass is 16.5. The summed E-state index contributed by atoms with van der Waals surface area (Å²) >= 11 is 0. The zero-order valence-electron chi connectivity index (χ0n) is 16.7. The lowest BCUT2D eigenvalue weighted by Gasteiger charge is -2.44. The number of ketones is 1. The van der Waals surface area contributed by atoms with Gasteiger partial charge in [-0.25, -0.2) is 0 Å². The summed E-state index contributed by atoms with van der Waals surface area (Å²) in [6, 6.07) is 25.9. The van der Waals surface area contributed by atoms with Gasteiger partial charge in [0.15, 0.2) is 5.78 Å². The smallest absolute Gasteiger partial charge is 0.170 e. The lowest BCUT2D eigenvalue weighted by molar-refractivity contribution is 0.0232. The molecule has 4 nitrogen and oxygen atoms in total. The standard InChI is InChI=1S/C26H22N2O2/c27-18-19-5-3-6-20(15-19)21-7-4-8-22(16-21)28-13-11-26(12-14-28)17-24(29)23-9-1-2-10-25(23)30-26/h1-10,15-16H,11-14,17H2. The lowest BCUT2D eigenvalue weighted by Crippen LogP contribution is -2.51. The van der Waals surface area contributed by atoms with Crippen molar-refractivity contribution in [2.45, 2.75) is 24.9 Å². The molecule has 0 radical (unpaired) electrons. The van der Waals surface area contributed by atoms with E-state index in [0.29, 0.717) is 17.5 Å². The first kappa shape index (κ1) is 18.4. The van der Waals surface area contributed by atoms with Crippen LogP contribution < -0.4 is 9.64 Å². The Morgan fingerprint density at radius 1 is 0.900 bits per heavy atom. The van der Waals surface area contributed by atoms with Gasteiger partial charge in [-0.1, -0.05) is 36.4 Å². The molecule has 0 N–H and O–H groups in total. The monoisotopic (exact) mass is 394 g/mol. The van der Waals surface area contributed by atoms with Crippen LogP contribution in [0.1, 0.15) is 35.2 Å². The molecule has 1 saturated heterocycles. The van der Waals surface area contributed by atoms with Crippen molar-refractivity contribution in [1.82, 2.24) is 0 Å². The molecule has 0 aliphatic carbocycles. The number of nitriles is 1. The number of ether oxygens (including phenoxy) is 1. The van der Waals surface area contributed by atoms with Crippen molar-refractivity contribution in [2.24, 2.45) is 0 Å². The maximum Gasteiger partial charge on any atom is 0.170 e. The minimum atomic E-state index is -0.388. The van der Waals surface area contributed by atoms with E-state index in [1.807, 2.05) is 48.5 Å². The van der Waals surface area contributed by atoms with Crippen LogP contribution in [0.25, 0.3) is 11.1 Å². The predicted octanol–water partition coefficient (Wildman–Crippen LogP) is 5.23. The number of Topliss-reactive ketones (excluding diaryl/α,β-unsaturated/α-hetero) is 1. The second-order valence-electron chi connectivity index (χ2n) is 8.11.